The van der Waals surface area contributed by atoms with E-state index < -0.39 is 12.7 Å². The standard InChI is InChI=1S/C12H23ClF3N/c1-2-3-4-5-6-7-9-17(10-8-13)11-12(14,15)16/h2-11H2,1H3. The minimum Gasteiger partial charge on any atom is -0.294 e. The predicted molar refractivity (Wildman–Crippen MR) is 66.6 cm³/mol. The smallest absolute Gasteiger partial charge is 0.294 e. The van der Waals surface area contributed by atoms with Crippen LogP contribution in [0.1, 0.15) is 45.4 Å². The molecule has 0 atom stereocenters. The molecule has 0 amide bonds. The number of nitrogens with zero attached hydrogens (tertiary/aromatic N) is 1. The number of hydrogen-bond donors (Lipinski definition) is 0. The number of unbranched alkanes of at least 4 members (excludes halogenated alkanes) is 5. The van der Waals surface area contributed by atoms with E-state index in [2.05, 4.69) is 6.92 Å². The van der Waals surface area contributed by atoms with E-state index in [4.69, 9.17) is 11.6 Å². The minimum atomic E-state index is -4.12. The summed E-state index contributed by atoms with van der Waals surface area (Å²) in [5, 5.41) is 0. The van der Waals surface area contributed by atoms with E-state index in [1.54, 1.807) is 0 Å². The molecule has 0 fully saturated rings. The molecule has 0 aromatic carbocycles. The molecule has 0 rings (SSSR count). The summed E-state index contributed by atoms with van der Waals surface area (Å²) >= 11 is 5.50. The highest BCUT2D eigenvalue weighted by Gasteiger charge is 2.30. The molecule has 0 aromatic rings. The van der Waals surface area contributed by atoms with Gasteiger partial charge in [-0.05, 0) is 13.0 Å². The van der Waals surface area contributed by atoms with E-state index >= 15 is 0 Å². The third-order valence-electron chi connectivity index (χ3n) is 2.63. The maximum Gasteiger partial charge on any atom is 0.401 e. The largest absolute Gasteiger partial charge is 0.401 e. The predicted octanol–water partition coefficient (Wildman–Crippen LogP) is 4.45. The van der Waals surface area contributed by atoms with Crippen LogP contribution in [0.3, 0.4) is 0 Å². The Hall–Kier alpha value is 0.0400. The van der Waals surface area contributed by atoms with Crippen molar-refractivity contribution in [2.75, 3.05) is 25.5 Å². The lowest BCUT2D eigenvalue weighted by atomic mass is 10.1. The van der Waals surface area contributed by atoms with Gasteiger partial charge in [-0.3, -0.25) is 4.90 Å². The second-order valence-corrected chi connectivity index (χ2v) is 4.73. The van der Waals surface area contributed by atoms with Crippen molar-refractivity contribution in [2.45, 2.75) is 51.6 Å². The van der Waals surface area contributed by atoms with Crippen LogP contribution < -0.4 is 0 Å². The van der Waals surface area contributed by atoms with Crippen LogP contribution in [0, 0.1) is 0 Å². The highest BCUT2D eigenvalue weighted by atomic mass is 35.5. The van der Waals surface area contributed by atoms with Gasteiger partial charge in [-0.1, -0.05) is 39.0 Å². The average Bonchev–Trinajstić information content (AvgIpc) is 2.21. The van der Waals surface area contributed by atoms with Crippen molar-refractivity contribution >= 4 is 11.6 Å². The Morgan fingerprint density at radius 1 is 0.941 bits per heavy atom. The van der Waals surface area contributed by atoms with Gasteiger partial charge < -0.3 is 0 Å². The maximum absolute atomic E-state index is 12.2. The summed E-state index contributed by atoms with van der Waals surface area (Å²) in [7, 11) is 0. The van der Waals surface area contributed by atoms with Crippen LogP contribution in [-0.4, -0.2) is 36.6 Å². The fourth-order valence-corrected chi connectivity index (χ4v) is 2.00. The Balaban J connectivity index is 3.63. The third-order valence-corrected chi connectivity index (χ3v) is 2.80. The molecular formula is C12H23ClF3N. The molecule has 0 radical (unpaired) electrons. The van der Waals surface area contributed by atoms with Crippen molar-refractivity contribution in [2.24, 2.45) is 0 Å². The minimum absolute atomic E-state index is 0.256. The van der Waals surface area contributed by atoms with Gasteiger partial charge in [0, 0.05) is 12.4 Å². The summed E-state index contributed by atoms with van der Waals surface area (Å²) in [4.78, 5) is 1.40. The zero-order valence-corrected chi connectivity index (χ0v) is 11.3. The molecule has 5 heteroatoms. The van der Waals surface area contributed by atoms with Crippen LogP contribution in [-0.2, 0) is 0 Å². The highest BCUT2D eigenvalue weighted by molar-refractivity contribution is 6.18. The normalized spacial score (nSPS) is 12.4. The lowest BCUT2D eigenvalue weighted by Gasteiger charge is -2.22. The monoisotopic (exact) mass is 273 g/mol. The van der Waals surface area contributed by atoms with Gasteiger partial charge in [-0.15, -0.1) is 11.6 Å². The molecule has 0 aromatic heterocycles. The first kappa shape index (κ1) is 17.0. The zero-order valence-electron chi connectivity index (χ0n) is 10.5. The second kappa shape index (κ2) is 10.0. The molecule has 0 saturated heterocycles. The van der Waals surface area contributed by atoms with E-state index in [1.807, 2.05) is 0 Å². The van der Waals surface area contributed by atoms with Crippen LogP contribution in [0.2, 0.25) is 0 Å². The first-order chi connectivity index (χ1) is 7.99. The number of rotatable bonds is 10. The Morgan fingerprint density at radius 2 is 1.53 bits per heavy atom. The Kier molecular flexibility index (Phi) is 10.0. The van der Waals surface area contributed by atoms with Crippen molar-refractivity contribution < 1.29 is 13.2 Å². The van der Waals surface area contributed by atoms with Gasteiger partial charge in [-0.2, -0.15) is 13.2 Å². The molecule has 104 valence electrons. The van der Waals surface area contributed by atoms with Crippen LogP contribution in [0.25, 0.3) is 0 Å². The van der Waals surface area contributed by atoms with Gasteiger partial charge in [-0.25, -0.2) is 0 Å². The van der Waals surface area contributed by atoms with E-state index in [0.29, 0.717) is 13.1 Å². The highest BCUT2D eigenvalue weighted by Crippen LogP contribution is 2.17. The molecule has 0 bridgehead atoms. The third kappa shape index (κ3) is 12.3. The van der Waals surface area contributed by atoms with Crippen molar-refractivity contribution in [1.82, 2.24) is 4.90 Å². The molecule has 0 aliphatic rings. The molecule has 0 unspecified atom stereocenters. The van der Waals surface area contributed by atoms with Crippen LogP contribution in [0.15, 0.2) is 0 Å². The summed E-state index contributed by atoms with van der Waals surface area (Å²) in [6.45, 7) is 2.12. The molecule has 0 spiro atoms. The average molecular weight is 274 g/mol. The first-order valence-corrected chi connectivity index (χ1v) is 6.88. The maximum atomic E-state index is 12.2. The lowest BCUT2D eigenvalue weighted by Crippen LogP contribution is -2.36. The van der Waals surface area contributed by atoms with Crippen LogP contribution >= 0.6 is 11.6 Å². The Bertz CT molecular complexity index is 174. The molecule has 17 heavy (non-hydrogen) atoms. The molecular weight excluding hydrogens is 251 g/mol. The van der Waals surface area contributed by atoms with Gasteiger partial charge in [0.05, 0.1) is 6.54 Å². The van der Waals surface area contributed by atoms with E-state index in [0.717, 1.165) is 19.3 Å². The van der Waals surface area contributed by atoms with Gasteiger partial charge in [0.2, 0.25) is 0 Å². The summed E-state index contributed by atoms with van der Waals surface area (Å²) < 4.78 is 36.7. The summed E-state index contributed by atoms with van der Waals surface area (Å²) in [6.07, 6.45) is 2.43. The quantitative estimate of drug-likeness (QED) is 0.420. The van der Waals surface area contributed by atoms with Crippen molar-refractivity contribution in [3.63, 3.8) is 0 Å². The van der Waals surface area contributed by atoms with Crippen molar-refractivity contribution in [3.05, 3.63) is 0 Å². The van der Waals surface area contributed by atoms with Gasteiger partial charge in [0.1, 0.15) is 0 Å². The van der Waals surface area contributed by atoms with Crippen molar-refractivity contribution in [1.29, 1.82) is 0 Å². The number of halogens is 4. The summed E-state index contributed by atoms with van der Waals surface area (Å²) in [5.74, 6) is 0.256. The first-order valence-electron chi connectivity index (χ1n) is 6.34. The molecule has 0 heterocycles. The number of alkyl halides is 4. The topological polar surface area (TPSA) is 3.24 Å². The Morgan fingerprint density at radius 3 is 2.06 bits per heavy atom. The fraction of sp³-hybridized carbons (Fsp3) is 1.00. The number of hydrogen-bond acceptors (Lipinski definition) is 1. The van der Waals surface area contributed by atoms with E-state index in [-0.39, 0.29) is 5.88 Å². The Labute approximate surface area is 107 Å². The summed E-state index contributed by atoms with van der Waals surface area (Å²) in [6, 6.07) is 0. The van der Waals surface area contributed by atoms with Gasteiger partial charge in [0.15, 0.2) is 0 Å². The van der Waals surface area contributed by atoms with E-state index in [9.17, 15) is 13.2 Å². The fourth-order valence-electron chi connectivity index (χ4n) is 1.76. The molecule has 0 saturated carbocycles. The molecule has 1 nitrogen and oxygen atoms in total. The zero-order chi connectivity index (χ0) is 13.1. The lowest BCUT2D eigenvalue weighted by molar-refractivity contribution is -0.145. The van der Waals surface area contributed by atoms with E-state index in [1.165, 1.54) is 24.2 Å². The van der Waals surface area contributed by atoms with Crippen LogP contribution in [0.5, 0.6) is 0 Å². The summed E-state index contributed by atoms with van der Waals surface area (Å²) in [5.41, 5.74) is 0. The molecule has 0 aliphatic heterocycles. The molecule has 0 aliphatic carbocycles. The SMILES string of the molecule is CCCCCCCCN(CCCl)CC(F)(F)F. The van der Waals surface area contributed by atoms with Crippen LogP contribution in [0.4, 0.5) is 13.2 Å². The van der Waals surface area contributed by atoms with Gasteiger partial charge >= 0.3 is 6.18 Å². The van der Waals surface area contributed by atoms with Crippen molar-refractivity contribution in [3.8, 4) is 0 Å². The molecule has 0 N–H and O–H groups in total. The second-order valence-electron chi connectivity index (χ2n) is 4.35. The van der Waals surface area contributed by atoms with Gasteiger partial charge in [0.25, 0.3) is 0 Å².